The van der Waals surface area contributed by atoms with Gasteiger partial charge in [0, 0.05) is 21.8 Å². The van der Waals surface area contributed by atoms with Crippen LogP contribution >= 0.6 is 11.6 Å². The third-order valence-electron chi connectivity index (χ3n) is 2.88. The summed E-state index contributed by atoms with van der Waals surface area (Å²) in [6.07, 6.45) is 0. The van der Waals surface area contributed by atoms with E-state index in [0.717, 1.165) is 0 Å². The number of para-hydroxylation sites is 1. The van der Waals surface area contributed by atoms with Gasteiger partial charge >= 0.3 is 0 Å². The molecule has 2 nitrogen and oxygen atoms in total. The number of hydrogen-bond donors (Lipinski definition) is 2. The van der Waals surface area contributed by atoms with Gasteiger partial charge in [-0.15, -0.1) is 0 Å². The summed E-state index contributed by atoms with van der Waals surface area (Å²) >= 11 is 6.11. The minimum atomic E-state index is -1.19. The fourth-order valence-electron chi connectivity index (χ4n) is 1.94. The number of aliphatic hydroxyl groups is 1. The maximum atomic E-state index is 10.7. The molecule has 0 saturated heterocycles. The normalized spacial score (nSPS) is 14.3. The van der Waals surface area contributed by atoms with Gasteiger partial charge in [-0.25, -0.2) is 0 Å². The first-order valence-electron chi connectivity index (χ1n) is 5.36. The first-order chi connectivity index (χ1) is 8.03. The minimum Gasteiger partial charge on any atom is -0.398 e. The molecule has 88 valence electrons. The van der Waals surface area contributed by atoms with Crippen LogP contribution in [0, 0.1) is 0 Å². The second-order valence-electron chi connectivity index (χ2n) is 4.14. The van der Waals surface area contributed by atoms with Crippen molar-refractivity contribution in [2.24, 2.45) is 0 Å². The molecule has 0 fully saturated rings. The molecule has 2 aromatic carbocycles. The zero-order chi connectivity index (χ0) is 12.5. The summed E-state index contributed by atoms with van der Waals surface area (Å²) in [4.78, 5) is 0. The number of hydrogen-bond acceptors (Lipinski definition) is 2. The summed E-state index contributed by atoms with van der Waals surface area (Å²) in [6, 6.07) is 14.5. The van der Waals surface area contributed by atoms with Crippen LogP contribution < -0.4 is 5.73 Å². The Morgan fingerprint density at radius 2 is 1.53 bits per heavy atom. The highest BCUT2D eigenvalue weighted by Crippen LogP contribution is 2.36. The van der Waals surface area contributed by atoms with Gasteiger partial charge in [0.1, 0.15) is 5.60 Å². The fourth-order valence-corrected chi connectivity index (χ4v) is 2.26. The van der Waals surface area contributed by atoms with E-state index in [1.165, 1.54) is 0 Å². The van der Waals surface area contributed by atoms with Gasteiger partial charge in [-0.2, -0.15) is 0 Å². The predicted molar refractivity (Wildman–Crippen MR) is 71.0 cm³/mol. The van der Waals surface area contributed by atoms with Crippen molar-refractivity contribution >= 4 is 17.3 Å². The standard InChI is InChI=1S/C14H14ClNO/c1-14(17,10-6-2-4-8-12(10)15)11-7-3-5-9-13(11)16/h2-9,17H,16H2,1H3. The lowest BCUT2D eigenvalue weighted by molar-refractivity contribution is 0.103. The molecule has 3 N–H and O–H groups in total. The molecule has 0 aliphatic heterocycles. The molecule has 1 atom stereocenters. The maximum absolute atomic E-state index is 10.7. The molecule has 0 bridgehead atoms. The highest BCUT2D eigenvalue weighted by Gasteiger charge is 2.29. The number of anilines is 1. The summed E-state index contributed by atoms with van der Waals surface area (Å²) < 4.78 is 0. The number of rotatable bonds is 2. The molecule has 0 radical (unpaired) electrons. The van der Waals surface area contributed by atoms with Crippen LogP contribution in [0.25, 0.3) is 0 Å². The zero-order valence-corrected chi connectivity index (χ0v) is 10.3. The van der Waals surface area contributed by atoms with Gasteiger partial charge in [-0.1, -0.05) is 48.0 Å². The predicted octanol–water partition coefficient (Wildman–Crippen LogP) is 3.18. The summed E-state index contributed by atoms with van der Waals surface area (Å²) in [6.45, 7) is 1.69. The van der Waals surface area contributed by atoms with Crippen LogP contribution in [-0.2, 0) is 5.60 Å². The van der Waals surface area contributed by atoms with E-state index < -0.39 is 5.60 Å². The van der Waals surface area contributed by atoms with E-state index in [9.17, 15) is 5.11 Å². The minimum absolute atomic E-state index is 0.528. The Kier molecular flexibility index (Phi) is 3.09. The van der Waals surface area contributed by atoms with Crippen LogP contribution in [0.1, 0.15) is 18.1 Å². The molecule has 3 heteroatoms. The van der Waals surface area contributed by atoms with E-state index in [2.05, 4.69) is 0 Å². The molecular formula is C14H14ClNO. The van der Waals surface area contributed by atoms with Crippen molar-refractivity contribution in [1.82, 2.24) is 0 Å². The van der Waals surface area contributed by atoms with E-state index in [1.54, 1.807) is 31.2 Å². The molecule has 0 spiro atoms. The van der Waals surface area contributed by atoms with Crippen LogP contribution in [0.4, 0.5) is 5.69 Å². The Balaban J connectivity index is 2.58. The topological polar surface area (TPSA) is 46.2 Å². The molecular weight excluding hydrogens is 234 g/mol. The van der Waals surface area contributed by atoms with Crippen LogP contribution in [0.15, 0.2) is 48.5 Å². The second kappa shape index (κ2) is 4.40. The summed E-state index contributed by atoms with van der Waals surface area (Å²) in [5, 5.41) is 11.2. The van der Waals surface area contributed by atoms with Gasteiger partial charge in [0.05, 0.1) is 0 Å². The van der Waals surface area contributed by atoms with Gasteiger partial charge < -0.3 is 10.8 Å². The SMILES string of the molecule is CC(O)(c1ccccc1N)c1ccccc1Cl. The second-order valence-corrected chi connectivity index (χ2v) is 4.55. The van der Waals surface area contributed by atoms with Crippen LogP contribution in [-0.4, -0.2) is 5.11 Å². The van der Waals surface area contributed by atoms with E-state index in [4.69, 9.17) is 17.3 Å². The van der Waals surface area contributed by atoms with Crippen LogP contribution in [0.3, 0.4) is 0 Å². The largest absolute Gasteiger partial charge is 0.398 e. The number of benzene rings is 2. The van der Waals surface area contributed by atoms with Crippen molar-refractivity contribution in [3.05, 3.63) is 64.7 Å². The highest BCUT2D eigenvalue weighted by atomic mass is 35.5. The monoisotopic (exact) mass is 247 g/mol. The summed E-state index contributed by atoms with van der Waals surface area (Å²) in [7, 11) is 0. The number of nitrogens with two attached hydrogens (primary N) is 1. The smallest absolute Gasteiger partial charge is 0.115 e. The van der Waals surface area contributed by atoms with Gasteiger partial charge in [-0.05, 0) is 19.1 Å². The highest BCUT2D eigenvalue weighted by molar-refractivity contribution is 6.31. The van der Waals surface area contributed by atoms with Crippen molar-refractivity contribution in [2.75, 3.05) is 5.73 Å². The Bertz CT molecular complexity index is 490. The van der Waals surface area contributed by atoms with Crippen molar-refractivity contribution in [3.8, 4) is 0 Å². The molecule has 0 aliphatic carbocycles. The van der Waals surface area contributed by atoms with E-state index in [1.807, 2.05) is 24.3 Å². The lowest BCUT2D eigenvalue weighted by Gasteiger charge is -2.26. The Labute approximate surface area is 106 Å². The molecule has 17 heavy (non-hydrogen) atoms. The molecule has 0 heterocycles. The Hall–Kier alpha value is -1.51. The van der Waals surface area contributed by atoms with E-state index in [-0.39, 0.29) is 0 Å². The first kappa shape index (κ1) is 12.0. The van der Waals surface area contributed by atoms with Crippen molar-refractivity contribution < 1.29 is 5.11 Å². The molecule has 2 rings (SSSR count). The fraction of sp³-hybridized carbons (Fsp3) is 0.143. The van der Waals surface area contributed by atoms with Crippen LogP contribution in [0.5, 0.6) is 0 Å². The summed E-state index contributed by atoms with van der Waals surface area (Å²) in [5.74, 6) is 0. The quantitative estimate of drug-likeness (QED) is 0.801. The third-order valence-corrected chi connectivity index (χ3v) is 3.21. The van der Waals surface area contributed by atoms with Gasteiger partial charge in [-0.3, -0.25) is 0 Å². The molecule has 0 aliphatic rings. The number of nitrogen functional groups attached to an aromatic ring is 1. The lowest BCUT2D eigenvalue weighted by Crippen LogP contribution is -2.24. The molecule has 1 unspecified atom stereocenters. The van der Waals surface area contributed by atoms with Gasteiger partial charge in [0.2, 0.25) is 0 Å². The zero-order valence-electron chi connectivity index (χ0n) is 9.52. The van der Waals surface area contributed by atoms with E-state index in [0.29, 0.717) is 21.8 Å². The molecule has 0 aromatic heterocycles. The average molecular weight is 248 g/mol. The first-order valence-corrected chi connectivity index (χ1v) is 5.73. The molecule has 2 aromatic rings. The number of halogens is 1. The molecule has 0 amide bonds. The maximum Gasteiger partial charge on any atom is 0.115 e. The Morgan fingerprint density at radius 1 is 1.00 bits per heavy atom. The van der Waals surface area contributed by atoms with Gasteiger partial charge in [0.25, 0.3) is 0 Å². The third kappa shape index (κ3) is 2.14. The van der Waals surface area contributed by atoms with Crippen molar-refractivity contribution in [3.63, 3.8) is 0 Å². The van der Waals surface area contributed by atoms with E-state index >= 15 is 0 Å². The Morgan fingerprint density at radius 3 is 2.12 bits per heavy atom. The molecule has 0 saturated carbocycles. The summed E-state index contributed by atoms with van der Waals surface area (Å²) in [5.41, 5.74) is 6.57. The van der Waals surface area contributed by atoms with Crippen molar-refractivity contribution in [2.45, 2.75) is 12.5 Å². The van der Waals surface area contributed by atoms with Crippen LogP contribution in [0.2, 0.25) is 5.02 Å². The average Bonchev–Trinajstić information content (AvgIpc) is 2.29. The lowest BCUT2D eigenvalue weighted by atomic mass is 9.87. The van der Waals surface area contributed by atoms with Crippen molar-refractivity contribution in [1.29, 1.82) is 0 Å². The van der Waals surface area contributed by atoms with Gasteiger partial charge in [0.15, 0.2) is 0 Å².